The Bertz CT molecular complexity index is 1620. The summed E-state index contributed by atoms with van der Waals surface area (Å²) in [7, 11) is 0. The molecule has 2 aliphatic rings. The van der Waals surface area contributed by atoms with Crippen molar-refractivity contribution in [3.8, 4) is 5.75 Å². The highest BCUT2D eigenvalue weighted by Crippen LogP contribution is 2.54. The van der Waals surface area contributed by atoms with Crippen LogP contribution in [0.3, 0.4) is 0 Å². The molecule has 0 unspecified atom stereocenters. The predicted molar refractivity (Wildman–Crippen MR) is 146 cm³/mol. The lowest BCUT2D eigenvalue weighted by Gasteiger charge is -2.31. The van der Waals surface area contributed by atoms with Crippen molar-refractivity contribution >= 4 is 63.8 Å². The normalized spacial score (nSPS) is 20.4. The summed E-state index contributed by atoms with van der Waals surface area (Å²) in [4.78, 5) is 44.1. The first-order chi connectivity index (χ1) is 18.3. The molecule has 2 amide bonds. The van der Waals surface area contributed by atoms with Gasteiger partial charge in [-0.25, -0.2) is 9.29 Å². The van der Waals surface area contributed by atoms with Gasteiger partial charge < -0.3 is 9.72 Å². The van der Waals surface area contributed by atoms with Crippen molar-refractivity contribution in [2.75, 3.05) is 4.90 Å². The van der Waals surface area contributed by atoms with Crippen molar-refractivity contribution in [2.24, 2.45) is 5.92 Å². The number of aromatic amines is 1. The molecule has 0 saturated carbocycles. The molecule has 1 fully saturated rings. The van der Waals surface area contributed by atoms with Crippen LogP contribution in [0, 0.1) is 11.7 Å². The number of aromatic nitrogens is 1. The van der Waals surface area contributed by atoms with Crippen LogP contribution in [0.1, 0.15) is 21.9 Å². The van der Waals surface area contributed by atoms with Crippen molar-refractivity contribution < 1.29 is 18.7 Å². The number of rotatable bonds is 5. The third-order valence-corrected chi connectivity index (χ3v) is 9.41. The van der Waals surface area contributed by atoms with E-state index in [9.17, 15) is 18.8 Å². The first-order valence-electron chi connectivity index (χ1n) is 11.5. The second-order valence-corrected chi connectivity index (χ2v) is 11.9. The quantitative estimate of drug-likeness (QED) is 0.279. The molecular formula is C27H17Cl2FN2O4S2. The Morgan fingerprint density at radius 1 is 0.921 bits per heavy atom. The van der Waals surface area contributed by atoms with Crippen LogP contribution < -0.4 is 14.5 Å². The number of carbonyl (C=O) groups is 2. The van der Waals surface area contributed by atoms with E-state index in [0.717, 1.165) is 33.6 Å². The molecule has 6 rings (SSSR count). The van der Waals surface area contributed by atoms with E-state index < -0.39 is 34.7 Å². The molecule has 0 bridgehead atoms. The minimum Gasteiger partial charge on any atom is -0.489 e. The number of thioether (sulfide) groups is 1. The Hall–Kier alpha value is -3.11. The van der Waals surface area contributed by atoms with E-state index in [1.54, 1.807) is 30.3 Å². The number of H-pyrrole nitrogens is 1. The third kappa shape index (κ3) is 4.43. The van der Waals surface area contributed by atoms with Crippen LogP contribution in [0.15, 0.2) is 76.6 Å². The zero-order valence-electron chi connectivity index (χ0n) is 19.3. The highest BCUT2D eigenvalue weighted by Gasteiger charge is 2.56. The average Bonchev–Trinajstić information content (AvgIpc) is 3.39. The number of thiazole rings is 1. The van der Waals surface area contributed by atoms with Crippen molar-refractivity contribution in [3.63, 3.8) is 0 Å². The van der Waals surface area contributed by atoms with Crippen LogP contribution in [0.25, 0.3) is 0 Å². The zero-order valence-corrected chi connectivity index (χ0v) is 22.5. The van der Waals surface area contributed by atoms with E-state index in [1.807, 2.05) is 12.1 Å². The molecule has 6 nitrogen and oxygen atoms in total. The van der Waals surface area contributed by atoms with Crippen molar-refractivity contribution in [3.05, 3.63) is 108 Å². The topological polar surface area (TPSA) is 79.5 Å². The lowest BCUT2D eigenvalue weighted by Crippen LogP contribution is -2.32. The SMILES string of the molecule is O=C1[C@H]2[C@H](c3cc(Cl)ccc3OCc3ccc(Cl)cc3)c3sc(=O)[nH]c3S[C@H]2C(=O)N1c1ccc(F)cc1. The maximum absolute atomic E-state index is 13.9. The van der Waals surface area contributed by atoms with E-state index in [2.05, 4.69) is 4.98 Å². The summed E-state index contributed by atoms with van der Waals surface area (Å²) in [6, 6.07) is 17.6. The van der Waals surface area contributed by atoms with Crippen LogP contribution >= 0.6 is 46.3 Å². The molecule has 0 aliphatic carbocycles. The van der Waals surface area contributed by atoms with Gasteiger partial charge in [-0.1, -0.05) is 58.4 Å². The number of ether oxygens (including phenoxy) is 1. The molecule has 1 aromatic heterocycles. The zero-order chi connectivity index (χ0) is 26.6. The number of hydrogen-bond acceptors (Lipinski definition) is 6. The van der Waals surface area contributed by atoms with Crippen molar-refractivity contribution in [2.45, 2.75) is 22.8 Å². The van der Waals surface area contributed by atoms with E-state index in [-0.39, 0.29) is 17.2 Å². The first kappa shape index (κ1) is 25.2. The number of nitrogens with one attached hydrogen (secondary N) is 1. The molecular weight excluding hydrogens is 570 g/mol. The minimum atomic E-state index is -0.826. The number of amides is 2. The van der Waals surface area contributed by atoms with Gasteiger partial charge >= 0.3 is 4.87 Å². The summed E-state index contributed by atoms with van der Waals surface area (Å²) in [5.41, 5.74) is 1.77. The molecule has 4 aromatic rings. The first-order valence-corrected chi connectivity index (χ1v) is 13.9. The molecule has 1 N–H and O–H groups in total. The van der Waals surface area contributed by atoms with Crippen LogP contribution in [0.5, 0.6) is 5.75 Å². The fourth-order valence-corrected chi connectivity index (χ4v) is 7.64. The summed E-state index contributed by atoms with van der Waals surface area (Å²) in [6.07, 6.45) is 0. The van der Waals surface area contributed by atoms with Crippen molar-refractivity contribution in [1.82, 2.24) is 4.98 Å². The Kier molecular flexibility index (Phi) is 6.55. The van der Waals surface area contributed by atoms with Gasteiger partial charge in [-0.05, 0) is 60.2 Å². The number of nitrogens with zero attached hydrogens (tertiary/aromatic N) is 1. The Balaban J connectivity index is 1.44. The fourth-order valence-electron chi connectivity index (χ4n) is 4.83. The number of halogens is 3. The molecule has 3 atom stereocenters. The van der Waals surface area contributed by atoms with Gasteiger partial charge in [0.25, 0.3) is 0 Å². The number of fused-ring (bicyclic) bond motifs is 2. The Labute approximate surface area is 234 Å². The number of hydrogen-bond donors (Lipinski definition) is 1. The van der Waals surface area contributed by atoms with Gasteiger partial charge in [0.2, 0.25) is 11.8 Å². The number of imide groups is 1. The lowest BCUT2D eigenvalue weighted by atomic mass is 9.82. The van der Waals surface area contributed by atoms with Gasteiger partial charge in [-0.3, -0.25) is 14.4 Å². The fraction of sp³-hybridized carbons (Fsp3) is 0.148. The lowest BCUT2D eigenvalue weighted by molar-refractivity contribution is -0.122. The largest absolute Gasteiger partial charge is 0.489 e. The highest BCUT2D eigenvalue weighted by atomic mass is 35.5. The monoisotopic (exact) mass is 586 g/mol. The maximum Gasteiger partial charge on any atom is 0.305 e. The van der Waals surface area contributed by atoms with Crippen molar-refractivity contribution in [1.29, 1.82) is 0 Å². The third-order valence-electron chi connectivity index (χ3n) is 6.52. The summed E-state index contributed by atoms with van der Waals surface area (Å²) >= 11 is 14.6. The second kappa shape index (κ2) is 9.89. The van der Waals surface area contributed by atoms with Crippen LogP contribution in [0.4, 0.5) is 10.1 Å². The standard InChI is InChI=1S/C27H17Cl2FN2O4S2/c28-14-3-1-13(2-4-14)12-36-19-10-5-15(29)11-18(19)20-21-23(37-24-22(20)38-27(35)31-24)26(34)32(25(21)33)17-8-6-16(30)7-9-17/h1-11,20-21,23H,12H2,(H,31,35)/t20-,21-,23+/m0/s1. The number of anilines is 1. The van der Waals surface area contributed by atoms with Gasteiger partial charge in [-0.15, -0.1) is 0 Å². The maximum atomic E-state index is 13.9. The van der Waals surface area contributed by atoms with E-state index in [0.29, 0.717) is 31.3 Å². The number of benzene rings is 3. The molecule has 3 heterocycles. The highest BCUT2D eigenvalue weighted by molar-refractivity contribution is 8.00. The smallest absolute Gasteiger partial charge is 0.305 e. The van der Waals surface area contributed by atoms with Crippen LogP contribution in [-0.4, -0.2) is 22.0 Å². The van der Waals surface area contributed by atoms with Gasteiger partial charge in [0.1, 0.15) is 23.4 Å². The summed E-state index contributed by atoms with van der Waals surface area (Å²) in [5, 5.41) is 0.775. The molecule has 1 saturated heterocycles. The summed E-state index contributed by atoms with van der Waals surface area (Å²) < 4.78 is 19.7. The average molecular weight is 587 g/mol. The molecule has 192 valence electrons. The Morgan fingerprint density at radius 3 is 2.37 bits per heavy atom. The molecule has 0 radical (unpaired) electrons. The van der Waals surface area contributed by atoms with Gasteiger partial charge in [0, 0.05) is 26.4 Å². The van der Waals surface area contributed by atoms with Gasteiger partial charge in [0.15, 0.2) is 0 Å². The Morgan fingerprint density at radius 2 is 1.63 bits per heavy atom. The van der Waals surface area contributed by atoms with E-state index in [4.69, 9.17) is 27.9 Å². The predicted octanol–water partition coefficient (Wildman–Crippen LogP) is 6.26. The van der Waals surface area contributed by atoms with E-state index in [1.165, 1.54) is 24.3 Å². The number of carbonyl (C=O) groups excluding carboxylic acids is 2. The van der Waals surface area contributed by atoms with E-state index >= 15 is 0 Å². The molecule has 2 aliphatic heterocycles. The molecule has 0 spiro atoms. The molecule has 11 heteroatoms. The second-order valence-electron chi connectivity index (χ2n) is 8.84. The van der Waals surface area contributed by atoms with Crippen LogP contribution in [-0.2, 0) is 16.2 Å². The van der Waals surface area contributed by atoms with Gasteiger partial charge in [0.05, 0.1) is 16.6 Å². The summed E-state index contributed by atoms with van der Waals surface area (Å²) in [6.45, 7) is 0.228. The summed E-state index contributed by atoms with van der Waals surface area (Å²) in [5.74, 6) is -2.34. The molecule has 3 aromatic carbocycles. The minimum absolute atomic E-state index is 0.228. The van der Waals surface area contributed by atoms with Gasteiger partial charge in [-0.2, -0.15) is 0 Å². The van der Waals surface area contributed by atoms with Crippen LogP contribution in [0.2, 0.25) is 10.0 Å². The molecule has 38 heavy (non-hydrogen) atoms.